The fourth-order valence-electron chi connectivity index (χ4n) is 4.92. The molecule has 2 heterocycles. The van der Waals surface area contributed by atoms with E-state index in [0.717, 1.165) is 11.1 Å². The van der Waals surface area contributed by atoms with Crippen molar-refractivity contribution in [2.24, 2.45) is 7.05 Å². The standard InChI is InChI=1S/C28H33F3N2O3/c1-26(2,3)36-25(34)33-14-11-27(12-15-33,22-8-6-5-7-9-22)19-35-18-21-17-23(28(29,30)31)16-20-10-13-32(4)24(20)21/h5-10,13,16-17H,11-12,14-15,18-19H2,1-4H3. The third-order valence-electron chi connectivity index (χ3n) is 6.77. The minimum atomic E-state index is -4.43. The number of carbonyl (C=O) groups excluding carboxylic acids is 1. The minimum absolute atomic E-state index is 0.0582. The lowest BCUT2D eigenvalue weighted by Crippen LogP contribution is -2.48. The number of piperidine rings is 1. The highest BCUT2D eigenvalue weighted by atomic mass is 19.4. The van der Waals surface area contributed by atoms with Crippen LogP contribution in [0.4, 0.5) is 18.0 Å². The average molecular weight is 503 g/mol. The molecule has 1 fully saturated rings. The normalized spacial score (nSPS) is 16.4. The van der Waals surface area contributed by atoms with Crippen LogP contribution >= 0.6 is 0 Å². The molecule has 1 aliphatic heterocycles. The molecule has 0 N–H and O–H groups in total. The third kappa shape index (κ3) is 5.69. The number of carbonyl (C=O) groups is 1. The topological polar surface area (TPSA) is 43.7 Å². The summed E-state index contributed by atoms with van der Waals surface area (Å²) in [6, 6.07) is 14.0. The van der Waals surface area contributed by atoms with Gasteiger partial charge in [-0.2, -0.15) is 13.2 Å². The van der Waals surface area contributed by atoms with Crippen LogP contribution < -0.4 is 0 Å². The van der Waals surface area contributed by atoms with Gasteiger partial charge in [-0.15, -0.1) is 0 Å². The average Bonchev–Trinajstić information content (AvgIpc) is 3.19. The van der Waals surface area contributed by atoms with E-state index < -0.39 is 17.3 Å². The molecule has 8 heteroatoms. The Labute approximate surface area is 209 Å². The van der Waals surface area contributed by atoms with Crippen molar-refractivity contribution in [2.75, 3.05) is 19.7 Å². The first-order chi connectivity index (χ1) is 16.9. The maximum absolute atomic E-state index is 13.5. The van der Waals surface area contributed by atoms with E-state index >= 15 is 0 Å². The number of alkyl halides is 3. The van der Waals surface area contributed by atoms with E-state index in [-0.39, 0.29) is 18.1 Å². The summed E-state index contributed by atoms with van der Waals surface area (Å²) in [7, 11) is 1.82. The number of aromatic nitrogens is 1. The summed E-state index contributed by atoms with van der Waals surface area (Å²) < 4.78 is 54.1. The van der Waals surface area contributed by atoms with Gasteiger partial charge in [-0.05, 0) is 57.4 Å². The number of nitrogens with zero attached hydrogens (tertiary/aromatic N) is 2. The van der Waals surface area contributed by atoms with Crippen molar-refractivity contribution in [1.29, 1.82) is 0 Å². The van der Waals surface area contributed by atoms with Gasteiger partial charge in [-0.1, -0.05) is 30.3 Å². The van der Waals surface area contributed by atoms with Gasteiger partial charge in [0.2, 0.25) is 0 Å². The number of hydrogen-bond donors (Lipinski definition) is 0. The number of likely N-dealkylation sites (tertiary alicyclic amines) is 1. The van der Waals surface area contributed by atoms with Crippen LogP contribution in [-0.4, -0.2) is 40.9 Å². The smallest absolute Gasteiger partial charge is 0.416 e. The number of aryl methyl sites for hydroxylation is 1. The maximum Gasteiger partial charge on any atom is 0.416 e. The fraction of sp³-hybridized carbons (Fsp3) is 0.464. The first kappa shape index (κ1) is 26.1. The van der Waals surface area contributed by atoms with Crippen molar-refractivity contribution in [3.8, 4) is 0 Å². The summed E-state index contributed by atoms with van der Waals surface area (Å²) in [4.78, 5) is 14.3. The highest BCUT2D eigenvalue weighted by Gasteiger charge is 2.39. The Morgan fingerprint density at radius 3 is 2.31 bits per heavy atom. The molecule has 0 bridgehead atoms. The second kappa shape index (κ2) is 9.81. The van der Waals surface area contributed by atoms with Crippen LogP contribution in [0.15, 0.2) is 54.7 Å². The van der Waals surface area contributed by atoms with Crippen LogP contribution in [0.1, 0.15) is 50.3 Å². The van der Waals surface area contributed by atoms with Gasteiger partial charge in [0.25, 0.3) is 0 Å². The summed E-state index contributed by atoms with van der Waals surface area (Å²) in [5, 5.41) is 0.536. The summed E-state index contributed by atoms with van der Waals surface area (Å²) in [6.45, 7) is 6.94. The number of amides is 1. The van der Waals surface area contributed by atoms with Gasteiger partial charge >= 0.3 is 12.3 Å². The number of ether oxygens (including phenoxy) is 2. The maximum atomic E-state index is 13.5. The molecule has 1 aliphatic rings. The molecule has 0 saturated carbocycles. The summed E-state index contributed by atoms with van der Waals surface area (Å²) in [6.07, 6.45) is -1.68. The molecule has 0 spiro atoms. The Kier molecular flexibility index (Phi) is 7.10. The molecule has 1 aromatic heterocycles. The van der Waals surface area contributed by atoms with E-state index in [2.05, 4.69) is 0 Å². The molecule has 1 amide bonds. The molecule has 4 rings (SSSR count). The predicted molar refractivity (Wildman–Crippen MR) is 133 cm³/mol. The lowest BCUT2D eigenvalue weighted by molar-refractivity contribution is -0.137. The SMILES string of the molecule is Cn1ccc2cc(C(F)(F)F)cc(COCC3(c4ccccc4)CCN(C(=O)OC(C)(C)C)CC3)c21. The van der Waals surface area contributed by atoms with Gasteiger partial charge in [0, 0.05) is 42.7 Å². The molecule has 2 aromatic carbocycles. The molecular formula is C28H33F3N2O3. The van der Waals surface area contributed by atoms with Crippen LogP contribution in [0.5, 0.6) is 0 Å². The molecule has 3 aromatic rings. The van der Waals surface area contributed by atoms with Gasteiger partial charge in [0.05, 0.1) is 24.3 Å². The molecular weight excluding hydrogens is 469 g/mol. The van der Waals surface area contributed by atoms with Crippen molar-refractivity contribution in [1.82, 2.24) is 9.47 Å². The number of fused-ring (bicyclic) bond motifs is 1. The summed E-state index contributed by atoms with van der Waals surface area (Å²) in [5.74, 6) is 0. The Morgan fingerprint density at radius 1 is 1.03 bits per heavy atom. The summed E-state index contributed by atoms with van der Waals surface area (Å²) >= 11 is 0. The van der Waals surface area contributed by atoms with Gasteiger partial charge in [-0.25, -0.2) is 4.79 Å². The van der Waals surface area contributed by atoms with Crippen LogP contribution in [0.3, 0.4) is 0 Å². The lowest BCUT2D eigenvalue weighted by Gasteiger charge is -2.42. The molecule has 5 nitrogen and oxygen atoms in total. The second-order valence-corrected chi connectivity index (χ2v) is 10.6. The van der Waals surface area contributed by atoms with Crippen LogP contribution in [0, 0.1) is 0 Å². The number of halogens is 3. The van der Waals surface area contributed by atoms with Crippen LogP contribution in [0.2, 0.25) is 0 Å². The first-order valence-corrected chi connectivity index (χ1v) is 12.1. The number of hydrogen-bond acceptors (Lipinski definition) is 3. The zero-order valence-corrected chi connectivity index (χ0v) is 21.2. The quantitative estimate of drug-likeness (QED) is 0.391. The van der Waals surface area contributed by atoms with E-state index in [9.17, 15) is 18.0 Å². The Bertz CT molecular complexity index is 1200. The fourth-order valence-corrected chi connectivity index (χ4v) is 4.92. The molecule has 0 aliphatic carbocycles. The predicted octanol–water partition coefficient (Wildman–Crippen LogP) is 6.68. The second-order valence-electron chi connectivity index (χ2n) is 10.6. The molecule has 1 saturated heterocycles. The van der Waals surface area contributed by atoms with E-state index in [0.29, 0.717) is 43.5 Å². The molecule has 36 heavy (non-hydrogen) atoms. The van der Waals surface area contributed by atoms with Gasteiger partial charge in [0.15, 0.2) is 0 Å². The zero-order valence-electron chi connectivity index (χ0n) is 21.2. The Balaban J connectivity index is 1.53. The number of rotatable bonds is 5. The zero-order chi connectivity index (χ0) is 26.1. The van der Waals surface area contributed by atoms with E-state index in [1.165, 1.54) is 12.1 Å². The number of benzene rings is 2. The van der Waals surface area contributed by atoms with E-state index in [4.69, 9.17) is 9.47 Å². The Morgan fingerprint density at radius 2 is 1.69 bits per heavy atom. The van der Waals surface area contributed by atoms with Crippen molar-refractivity contribution < 1.29 is 27.4 Å². The van der Waals surface area contributed by atoms with Crippen molar-refractivity contribution in [3.05, 3.63) is 71.4 Å². The van der Waals surface area contributed by atoms with E-state index in [1.807, 2.05) is 62.7 Å². The molecule has 0 atom stereocenters. The van der Waals surface area contributed by atoms with Gasteiger partial charge < -0.3 is 18.9 Å². The third-order valence-corrected chi connectivity index (χ3v) is 6.77. The lowest BCUT2D eigenvalue weighted by atomic mass is 9.73. The van der Waals surface area contributed by atoms with Crippen LogP contribution in [0.25, 0.3) is 10.9 Å². The van der Waals surface area contributed by atoms with Gasteiger partial charge in [-0.3, -0.25) is 0 Å². The largest absolute Gasteiger partial charge is 0.444 e. The van der Waals surface area contributed by atoms with Crippen molar-refractivity contribution >= 4 is 17.0 Å². The Hall–Kier alpha value is -3.00. The molecule has 194 valence electrons. The van der Waals surface area contributed by atoms with Crippen LogP contribution in [-0.2, 0) is 34.7 Å². The van der Waals surface area contributed by atoms with Crippen molar-refractivity contribution in [3.63, 3.8) is 0 Å². The van der Waals surface area contributed by atoms with E-state index in [1.54, 1.807) is 17.2 Å². The molecule has 0 unspecified atom stereocenters. The first-order valence-electron chi connectivity index (χ1n) is 12.1. The summed E-state index contributed by atoms with van der Waals surface area (Å²) in [5.41, 5.74) is 0.735. The minimum Gasteiger partial charge on any atom is -0.444 e. The monoisotopic (exact) mass is 502 g/mol. The highest BCUT2D eigenvalue weighted by molar-refractivity contribution is 5.84. The van der Waals surface area contributed by atoms with Gasteiger partial charge in [0.1, 0.15) is 5.60 Å². The van der Waals surface area contributed by atoms with Crippen molar-refractivity contribution in [2.45, 2.75) is 57.4 Å². The highest BCUT2D eigenvalue weighted by Crippen LogP contribution is 2.38. The molecule has 0 radical (unpaired) electrons.